The number of benzene rings is 2. The molecule has 0 saturated heterocycles. The van der Waals surface area contributed by atoms with Gasteiger partial charge in [0.1, 0.15) is 5.75 Å². The third-order valence-electron chi connectivity index (χ3n) is 2.74. The van der Waals surface area contributed by atoms with Gasteiger partial charge in [0.05, 0.1) is 0 Å². The van der Waals surface area contributed by atoms with Crippen LogP contribution in [0, 0.1) is 0 Å². The maximum absolute atomic E-state index is 11.3. The number of para-hydroxylation sites is 1. The van der Waals surface area contributed by atoms with Gasteiger partial charge in [-0.15, -0.1) is 0 Å². The lowest BCUT2D eigenvalue weighted by molar-refractivity contribution is 0.101. The molecule has 0 unspecified atom stereocenters. The average molecular weight is 241 g/mol. The Balaban J connectivity index is 2.09. The molecule has 0 radical (unpaired) electrons. The van der Waals surface area contributed by atoms with E-state index in [2.05, 4.69) is 5.32 Å². The Morgan fingerprint density at radius 3 is 2.67 bits per heavy atom. The smallest absolute Gasteiger partial charge is 0.159 e. The van der Waals surface area contributed by atoms with Gasteiger partial charge >= 0.3 is 0 Å². The third kappa shape index (κ3) is 2.88. The summed E-state index contributed by atoms with van der Waals surface area (Å²) in [6.07, 6.45) is 0. The van der Waals surface area contributed by atoms with E-state index in [0.717, 1.165) is 11.3 Å². The molecule has 0 heterocycles. The fourth-order valence-corrected chi connectivity index (χ4v) is 1.71. The molecule has 3 nitrogen and oxygen atoms in total. The van der Waals surface area contributed by atoms with Crippen molar-refractivity contribution >= 4 is 11.5 Å². The molecule has 2 aromatic carbocycles. The van der Waals surface area contributed by atoms with Gasteiger partial charge in [0.2, 0.25) is 0 Å². The fourth-order valence-electron chi connectivity index (χ4n) is 1.71. The molecule has 0 fully saturated rings. The minimum absolute atomic E-state index is 0.0428. The second-order valence-electron chi connectivity index (χ2n) is 4.12. The van der Waals surface area contributed by atoms with Gasteiger partial charge in [-0.1, -0.05) is 30.3 Å². The highest BCUT2D eigenvalue weighted by atomic mass is 16.3. The Kier molecular flexibility index (Phi) is 3.63. The Morgan fingerprint density at radius 1 is 1.17 bits per heavy atom. The topological polar surface area (TPSA) is 49.3 Å². The molecule has 3 heteroatoms. The van der Waals surface area contributed by atoms with E-state index in [1.165, 1.54) is 0 Å². The quantitative estimate of drug-likeness (QED) is 0.808. The van der Waals surface area contributed by atoms with Gasteiger partial charge < -0.3 is 10.4 Å². The summed E-state index contributed by atoms with van der Waals surface area (Å²) in [6, 6.07) is 14.5. The van der Waals surface area contributed by atoms with E-state index in [4.69, 9.17) is 0 Å². The van der Waals surface area contributed by atoms with Crippen LogP contribution in [0.3, 0.4) is 0 Å². The molecule has 0 atom stereocenters. The van der Waals surface area contributed by atoms with Gasteiger partial charge in [-0.3, -0.25) is 4.79 Å². The molecule has 0 aliphatic heterocycles. The summed E-state index contributed by atoms with van der Waals surface area (Å²) < 4.78 is 0. The van der Waals surface area contributed by atoms with Crippen LogP contribution in [0.2, 0.25) is 0 Å². The summed E-state index contributed by atoms with van der Waals surface area (Å²) in [5.74, 6) is 0.314. The Morgan fingerprint density at radius 2 is 1.94 bits per heavy atom. The van der Waals surface area contributed by atoms with Gasteiger partial charge in [0.25, 0.3) is 0 Å². The molecule has 18 heavy (non-hydrogen) atoms. The van der Waals surface area contributed by atoms with Crippen LogP contribution in [0.4, 0.5) is 5.69 Å². The number of phenolic OH excluding ortho intramolecular Hbond substituents is 1. The van der Waals surface area contributed by atoms with Gasteiger partial charge in [0.15, 0.2) is 5.78 Å². The molecule has 0 aromatic heterocycles. The highest BCUT2D eigenvalue weighted by Crippen LogP contribution is 2.18. The number of Topliss-reactive ketones (excluding diaryl/α,β-unsaturated/α-hetero) is 1. The number of ketones is 1. The first-order valence-corrected chi connectivity index (χ1v) is 5.78. The number of nitrogens with one attached hydrogen (secondary N) is 1. The van der Waals surface area contributed by atoms with E-state index >= 15 is 0 Å². The summed E-state index contributed by atoms with van der Waals surface area (Å²) in [7, 11) is 0. The largest absolute Gasteiger partial charge is 0.508 e. The van der Waals surface area contributed by atoms with Gasteiger partial charge in [-0.2, -0.15) is 0 Å². The van der Waals surface area contributed by atoms with Crippen molar-refractivity contribution in [2.45, 2.75) is 13.5 Å². The number of aromatic hydroxyl groups is 1. The van der Waals surface area contributed by atoms with Crippen LogP contribution >= 0.6 is 0 Å². The Hall–Kier alpha value is -2.29. The van der Waals surface area contributed by atoms with Crippen LogP contribution < -0.4 is 5.32 Å². The van der Waals surface area contributed by atoms with E-state index in [1.807, 2.05) is 30.3 Å². The molecule has 2 N–H and O–H groups in total. The van der Waals surface area contributed by atoms with Crippen LogP contribution in [0.25, 0.3) is 0 Å². The van der Waals surface area contributed by atoms with Crippen molar-refractivity contribution in [3.05, 3.63) is 59.7 Å². The SMILES string of the molecule is CC(=O)c1cccc(NCc2ccccc2O)c1. The van der Waals surface area contributed by atoms with Crippen molar-refractivity contribution in [3.8, 4) is 5.75 Å². The van der Waals surface area contributed by atoms with Gasteiger partial charge in [-0.25, -0.2) is 0 Å². The molecule has 2 aromatic rings. The number of carbonyl (C=O) groups excluding carboxylic acids is 1. The molecule has 0 saturated carbocycles. The first kappa shape index (κ1) is 12.2. The predicted molar refractivity (Wildman–Crippen MR) is 71.9 cm³/mol. The second-order valence-corrected chi connectivity index (χ2v) is 4.12. The van der Waals surface area contributed by atoms with Crippen LogP contribution in [0.1, 0.15) is 22.8 Å². The standard InChI is InChI=1S/C15H15NO2/c1-11(17)12-6-4-7-14(9-12)16-10-13-5-2-3-8-15(13)18/h2-9,16,18H,10H2,1H3. The molecule has 0 bridgehead atoms. The zero-order chi connectivity index (χ0) is 13.0. The molecule has 0 amide bonds. The molecule has 2 rings (SSSR count). The predicted octanol–water partition coefficient (Wildman–Crippen LogP) is 3.21. The molecule has 0 aliphatic rings. The Bertz CT molecular complexity index is 564. The zero-order valence-electron chi connectivity index (χ0n) is 10.2. The van der Waals surface area contributed by atoms with Crippen LogP contribution in [0.5, 0.6) is 5.75 Å². The number of rotatable bonds is 4. The highest BCUT2D eigenvalue weighted by molar-refractivity contribution is 5.94. The van der Waals surface area contributed by atoms with Crippen LogP contribution in [-0.2, 0) is 6.54 Å². The number of anilines is 1. The van der Waals surface area contributed by atoms with Crippen molar-refractivity contribution in [1.29, 1.82) is 0 Å². The summed E-state index contributed by atoms with van der Waals surface area (Å²) >= 11 is 0. The minimum Gasteiger partial charge on any atom is -0.508 e. The molecule has 0 aliphatic carbocycles. The lowest BCUT2D eigenvalue weighted by atomic mass is 10.1. The maximum Gasteiger partial charge on any atom is 0.159 e. The number of carbonyl (C=O) groups is 1. The van der Waals surface area contributed by atoms with Crippen molar-refractivity contribution in [2.75, 3.05) is 5.32 Å². The van der Waals surface area contributed by atoms with E-state index < -0.39 is 0 Å². The average Bonchev–Trinajstić information content (AvgIpc) is 2.38. The van der Waals surface area contributed by atoms with E-state index in [-0.39, 0.29) is 11.5 Å². The number of phenols is 1. The molecular formula is C15H15NO2. The van der Waals surface area contributed by atoms with Crippen molar-refractivity contribution < 1.29 is 9.90 Å². The lowest BCUT2D eigenvalue weighted by Crippen LogP contribution is -2.01. The maximum atomic E-state index is 11.3. The minimum atomic E-state index is 0.0428. The number of hydrogen-bond acceptors (Lipinski definition) is 3. The molecule has 0 spiro atoms. The monoisotopic (exact) mass is 241 g/mol. The molecular weight excluding hydrogens is 226 g/mol. The summed E-state index contributed by atoms with van der Waals surface area (Å²) in [6.45, 7) is 2.07. The van der Waals surface area contributed by atoms with Gasteiger partial charge in [-0.05, 0) is 25.1 Å². The third-order valence-corrected chi connectivity index (χ3v) is 2.74. The first-order chi connectivity index (χ1) is 8.66. The summed E-state index contributed by atoms with van der Waals surface area (Å²) in [5.41, 5.74) is 2.37. The fraction of sp³-hybridized carbons (Fsp3) is 0.133. The molecule has 92 valence electrons. The zero-order valence-corrected chi connectivity index (χ0v) is 10.2. The van der Waals surface area contributed by atoms with Crippen LogP contribution in [-0.4, -0.2) is 10.9 Å². The Labute approximate surface area is 106 Å². The summed E-state index contributed by atoms with van der Waals surface area (Å²) in [4.78, 5) is 11.3. The van der Waals surface area contributed by atoms with E-state index in [0.29, 0.717) is 12.1 Å². The normalized spacial score (nSPS) is 10.1. The number of hydrogen-bond donors (Lipinski definition) is 2. The first-order valence-electron chi connectivity index (χ1n) is 5.78. The van der Waals surface area contributed by atoms with E-state index in [9.17, 15) is 9.90 Å². The van der Waals surface area contributed by atoms with Crippen molar-refractivity contribution in [3.63, 3.8) is 0 Å². The van der Waals surface area contributed by atoms with E-state index in [1.54, 1.807) is 25.1 Å². The lowest BCUT2D eigenvalue weighted by Gasteiger charge is -2.08. The second kappa shape index (κ2) is 5.36. The van der Waals surface area contributed by atoms with Crippen molar-refractivity contribution in [2.24, 2.45) is 0 Å². The van der Waals surface area contributed by atoms with Gasteiger partial charge in [0, 0.05) is 23.4 Å². The summed E-state index contributed by atoms with van der Waals surface area (Å²) in [5, 5.41) is 12.8. The van der Waals surface area contributed by atoms with Crippen molar-refractivity contribution in [1.82, 2.24) is 0 Å². The van der Waals surface area contributed by atoms with Crippen LogP contribution in [0.15, 0.2) is 48.5 Å². The highest BCUT2D eigenvalue weighted by Gasteiger charge is 2.02.